The molecule has 5 rings (SSSR count). The summed E-state index contributed by atoms with van der Waals surface area (Å²) in [4.78, 5) is 13.8. The quantitative estimate of drug-likeness (QED) is 0.388. The molecule has 4 aliphatic rings. The second-order valence-corrected chi connectivity index (χ2v) is 15.4. The number of rotatable bonds is 9. The molecule has 7 atom stereocenters. The molecule has 2 bridgehead atoms. The van der Waals surface area contributed by atoms with E-state index in [9.17, 15) is 13.2 Å². The van der Waals surface area contributed by atoms with Crippen LogP contribution in [0.5, 0.6) is 0 Å². The van der Waals surface area contributed by atoms with Gasteiger partial charge in [0.25, 0.3) is 0 Å². The number of carbonyl (C=O) groups excluding carboxylic acids is 1. The number of piperazine rings is 1. The van der Waals surface area contributed by atoms with E-state index in [1.165, 1.54) is 0 Å². The molecule has 4 fully saturated rings. The minimum Gasteiger partial charge on any atom is -0.381 e. The molecule has 2 saturated heterocycles. The van der Waals surface area contributed by atoms with Crippen LogP contribution in [0.2, 0.25) is 5.02 Å². The fourth-order valence-electron chi connectivity index (χ4n) is 7.98. The zero-order valence-corrected chi connectivity index (χ0v) is 26.1. The average molecular weight is 609 g/mol. The maximum absolute atomic E-state index is 13.8. The number of sulfonamides is 1. The number of ether oxygens (including phenoxy) is 1. The lowest BCUT2D eigenvalue weighted by Gasteiger charge is -2.40. The second-order valence-electron chi connectivity index (χ2n) is 12.9. The number of halogens is 1. The van der Waals surface area contributed by atoms with E-state index in [0.29, 0.717) is 29.9 Å². The second kappa shape index (κ2) is 14.0. The maximum atomic E-state index is 13.8. The molecule has 8 nitrogen and oxygen atoms in total. The van der Waals surface area contributed by atoms with Gasteiger partial charge in [-0.3, -0.25) is 4.79 Å². The topological polar surface area (TPSA) is 114 Å². The van der Waals surface area contributed by atoms with E-state index in [-0.39, 0.29) is 41.8 Å². The van der Waals surface area contributed by atoms with Crippen molar-refractivity contribution in [3.8, 4) is 0 Å². The maximum Gasteiger partial charge on any atom is 0.237 e. The van der Waals surface area contributed by atoms with Crippen molar-refractivity contribution in [2.24, 2.45) is 17.6 Å². The summed E-state index contributed by atoms with van der Waals surface area (Å²) in [6.45, 7) is 1.30. The lowest BCUT2D eigenvalue weighted by molar-refractivity contribution is -0.124. The number of carbonyl (C=O) groups is 1. The van der Waals surface area contributed by atoms with Crippen LogP contribution in [0.15, 0.2) is 24.3 Å². The van der Waals surface area contributed by atoms with Crippen molar-refractivity contribution in [1.29, 1.82) is 0 Å². The van der Waals surface area contributed by atoms with Crippen molar-refractivity contribution in [2.75, 3.05) is 26.0 Å². The van der Waals surface area contributed by atoms with Crippen molar-refractivity contribution < 1.29 is 17.9 Å². The SMILES string of the molecule is COC1CCC([C@H](c2ccc(Cl)cc2)[C@H](N)C(=O)N[C@H]2CCCC[C@@H]2CC[C@H]2CN[C@@H]3CCCS(=O)(=O)N2C3)CC1. The van der Waals surface area contributed by atoms with Gasteiger partial charge in [-0.15, -0.1) is 0 Å². The molecule has 2 heterocycles. The third kappa shape index (κ3) is 7.65. The van der Waals surface area contributed by atoms with Gasteiger partial charge in [0.1, 0.15) is 0 Å². The Hall–Kier alpha value is -1.23. The van der Waals surface area contributed by atoms with Crippen LogP contribution in [-0.4, -0.2) is 74.9 Å². The Bertz CT molecular complexity index is 1110. The summed E-state index contributed by atoms with van der Waals surface area (Å²) in [5.41, 5.74) is 7.89. The van der Waals surface area contributed by atoms with Gasteiger partial charge in [-0.25, -0.2) is 8.42 Å². The van der Waals surface area contributed by atoms with Crippen LogP contribution in [0, 0.1) is 11.8 Å². The Morgan fingerprint density at radius 1 is 1.07 bits per heavy atom. The number of hydrogen-bond donors (Lipinski definition) is 3. The molecule has 41 heavy (non-hydrogen) atoms. The molecule has 1 amide bonds. The van der Waals surface area contributed by atoms with Gasteiger partial charge < -0.3 is 21.1 Å². The van der Waals surface area contributed by atoms with Crippen molar-refractivity contribution in [3.05, 3.63) is 34.9 Å². The van der Waals surface area contributed by atoms with Gasteiger partial charge in [0.05, 0.1) is 17.9 Å². The van der Waals surface area contributed by atoms with Crippen LogP contribution in [0.4, 0.5) is 0 Å². The predicted octanol–water partition coefficient (Wildman–Crippen LogP) is 4.18. The van der Waals surface area contributed by atoms with Gasteiger partial charge in [0, 0.05) is 49.3 Å². The van der Waals surface area contributed by atoms with E-state index in [0.717, 1.165) is 82.6 Å². The molecule has 1 unspecified atom stereocenters. The molecule has 2 saturated carbocycles. The zero-order chi connectivity index (χ0) is 29.0. The Kier molecular flexibility index (Phi) is 10.7. The van der Waals surface area contributed by atoms with Crippen molar-refractivity contribution >= 4 is 27.5 Å². The first kappa shape index (κ1) is 31.2. The number of fused-ring (bicyclic) bond motifs is 2. The van der Waals surface area contributed by atoms with Crippen molar-refractivity contribution in [2.45, 2.75) is 113 Å². The van der Waals surface area contributed by atoms with Crippen LogP contribution in [-0.2, 0) is 19.6 Å². The molecule has 2 aliphatic heterocycles. The highest BCUT2D eigenvalue weighted by molar-refractivity contribution is 7.89. The fraction of sp³-hybridized carbons (Fsp3) is 0.774. The molecule has 0 radical (unpaired) electrons. The van der Waals surface area contributed by atoms with Crippen LogP contribution in [0.1, 0.15) is 88.5 Å². The Labute approximate surface area is 251 Å². The number of hydrogen-bond acceptors (Lipinski definition) is 6. The minimum absolute atomic E-state index is 0.00796. The highest BCUT2D eigenvalue weighted by Gasteiger charge is 2.40. The summed E-state index contributed by atoms with van der Waals surface area (Å²) in [5, 5.41) is 7.65. The Morgan fingerprint density at radius 3 is 2.54 bits per heavy atom. The predicted molar refractivity (Wildman–Crippen MR) is 163 cm³/mol. The average Bonchev–Trinajstić information content (AvgIpc) is 3.09. The first-order valence-electron chi connectivity index (χ1n) is 15.8. The zero-order valence-electron chi connectivity index (χ0n) is 24.5. The number of methoxy groups -OCH3 is 1. The van der Waals surface area contributed by atoms with E-state index < -0.39 is 16.1 Å². The third-order valence-electron chi connectivity index (χ3n) is 10.4. The Morgan fingerprint density at radius 2 is 1.80 bits per heavy atom. The van der Waals surface area contributed by atoms with E-state index in [2.05, 4.69) is 10.6 Å². The molecule has 230 valence electrons. The number of nitrogens with zero attached hydrogens (tertiary/aromatic N) is 1. The molecular weight excluding hydrogens is 560 g/mol. The highest BCUT2D eigenvalue weighted by atomic mass is 35.5. The largest absolute Gasteiger partial charge is 0.381 e. The number of nitrogens with two attached hydrogens (primary N) is 1. The highest BCUT2D eigenvalue weighted by Crippen LogP contribution is 2.39. The van der Waals surface area contributed by atoms with Gasteiger partial charge in [-0.2, -0.15) is 4.31 Å². The number of amides is 1. The normalized spacial score (nSPS) is 35.1. The lowest BCUT2D eigenvalue weighted by atomic mass is 9.72. The van der Waals surface area contributed by atoms with Crippen LogP contribution >= 0.6 is 11.6 Å². The van der Waals surface area contributed by atoms with Crippen LogP contribution < -0.4 is 16.4 Å². The summed E-state index contributed by atoms with van der Waals surface area (Å²) in [6, 6.07) is 7.50. The first-order valence-corrected chi connectivity index (χ1v) is 17.8. The van der Waals surface area contributed by atoms with E-state index in [1.54, 1.807) is 11.4 Å². The number of benzene rings is 1. The van der Waals surface area contributed by atoms with Gasteiger partial charge in [-0.05, 0) is 93.7 Å². The van der Waals surface area contributed by atoms with Gasteiger partial charge in [0.2, 0.25) is 15.9 Å². The molecule has 1 aromatic rings. The molecule has 0 aromatic heterocycles. The van der Waals surface area contributed by atoms with Crippen LogP contribution in [0.25, 0.3) is 0 Å². The fourth-order valence-corrected chi connectivity index (χ4v) is 9.91. The Balaban J connectivity index is 1.24. The first-order chi connectivity index (χ1) is 19.7. The van der Waals surface area contributed by atoms with E-state index in [1.807, 2.05) is 24.3 Å². The summed E-state index contributed by atoms with van der Waals surface area (Å²) >= 11 is 6.20. The van der Waals surface area contributed by atoms with Crippen molar-refractivity contribution in [3.63, 3.8) is 0 Å². The van der Waals surface area contributed by atoms with E-state index in [4.69, 9.17) is 22.1 Å². The van der Waals surface area contributed by atoms with Crippen LogP contribution in [0.3, 0.4) is 0 Å². The molecular formula is C31H49ClN4O4S. The van der Waals surface area contributed by atoms with E-state index >= 15 is 0 Å². The standard InChI is InChI=1S/C31H49ClN4O4S/c1-40-27-16-11-23(12-17-27)29(22-8-13-24(32)14-9-22)30(33)31(37)35-28-7-3-2-5-21(28)10-15-26-19-34-25-6-4-18-41(38,39)36(26)20-25/h8-9,13-14,21,23,25-30,34H,2-7,10-12,15-20,33H2,1H3,(H,35,37)/t21-,23?,25-,26+,27?,28+,29+,30+/m1/s1. The minimum atomic E-state index is -3.20. The summed E-state index contributed by atoms with van der Waals surface area (Å²) in [6.07, 6.45) is 11.8. The van der Waals surface area contributed by atoms with Crippen molar-refractivity contribution in [1.82, 2.24) is 14.9 Å². The van der Waals surface area contributed by atoms with Gasteiger partial charge >= 0.3 is 0 Å². The molecule has 2 aliphatic carbocycles. The molecule has 4 N–H and O–H groups in total. The summed E-state index contributed by atoms with van der Waals surface area (Å²) in [7, 11) is -1.43. The number of nitrogens with one attached hydrogen (secondary N) is 2. The third-order valence-corrected chi connectivity index (χ3v) is 12.6. The van der Waals surface area contributed by atoms with Gasteiger partial charge in [0.15, 0.2) is 0 Å². The smallest absolute Gasteiger partial charge is 0.237 e. The monoisotopic (exact) mass is 608 g/mol. The van der Waals surface area contributed by atoms with Gasteiger partial charge in [-0.1, -0.05) is 36.6 Å². The molecule has 0 spiro atoms. The molecule has 10 heteroatoms. The summed E-state index contributed by atoms with van der Waals surface area (Å²) < 4.78 is 33.3. The lowest BCUT2D eigenvalue weighted by Crippen LogP contribution is -2.57. The summed E-state index contributed by atoms with van der Waals surface area (Å²) in [5.74, 6) is 0.737. The molecule has 1 aromatic carbocycles.